The quantitative estimate of drug-likeness (QED) is 0.168. The molecule has 0 radical (unpaired) electrons. The van der Waals surface area contributed by atoms with Crippen LogP contribution >= 0.6 is 0 Å². The van der Waals surface area contributed by atoms with Crippen LogP contribution in [0, 0.1) is 34.6 Å². The zero-order valence-corrected chi connectivity index (χ0v) is 28.4. The van der Waals surface area contributed by atoms with E-state index in [4.69, 9.17) is 16.8 Å². The first-order chi connectivity index (χ1) is 35.0. The third-order valence-corrected chi connectivity index (χ3v) is 9.36. The van der Waals surface area contributed by atoms with Gasteiger partial charge in [-0.25, -0.2) is 0 Å². The fourth-order valence-corrected chi connectivity index (χ4v) is 6.97. The second-order valence-corrected chi connectivity index (χ2v) is 12.8. The zero-order valence-electron chi connectivity index (χ0n) is 51.4. The van der Waals surface area contributed by atoms with E-state index in [-0.39, 0.29) is 67.5 Å². The predicted octanol–water partition coefficient (Wildman–Crippen LogP) is 14.7. The predicted molar refractivity (Wildman–Crippen MR) is 224 cm³/mol. The van der Waals surface area contributed by atoms with E-state index >= 15 is 0 Å². The van der Waals surface area contributed by atoms with Crippen molar-refractivity contribution in [3.05, 3.63) is 167 Å². The summed E-state index contributed by atoms with van der Waals surface area (Å²) in [5.41, 5.74) is -3.30. The number of hydrogen-bond acceptors (Lipinski definition) is 1. The van der Waals surface area contributed by atoms with Crippen LogP contribution in [0.1, 0.15) is 59.3 Å². The first-order valence-electron chi connectivity index (χ1n) is 27.9. The second-order valence-electron chi connectivity index (χ2n) is 12.8. The van der Waals surface area contributed by atoms with Crippen molar-refractivity contribution in [3.63, 3.8) is 0 Å². The summed E-state index contributed by atoms with van der Waals surface area (Å²) in [6.07, 6.45) is 0. The normalized spacial score (nSPS) is 18.1. The lowest BCUT2D eigenvalue weighted by molar-refractivity contribution is 0.666. The average molecular weight is 690 g/mol. The minimum atomic E-state index is -0.967. The number of benzene rings is 9. The third kappa shape index (κ3) is 4.62. The number of fused-ring (bicyclic) bond motifs is 7. The molecule has 0 unspecified atom stereocenters. The fourth-order valence-electron chi connectivity index (χ4n) is 6.97. The van der Waals surface area contributed by atoms with Crippen LogP contribution in [0.3, 0.4) is 0 Å². The average Bonchev–Trinajstić information content (AvgIpc) is 3.79. The molecule has 0 fully saturated rings. The summed E-state index contributed by atoms with van der Waals surface area (Å²) < 4.78 is 219. The topological polar surface area (TPSA) is 13.1 Å². The Kier molecular flexibility index (Phi) is 3.34. The van der Waals surface area contributed by atoms with E-state index in [9.17, 15) is 19.2 Å². The van der Waals surface area contributed by atoms with Gasteiger partial charge in [-0.2, -0.15) is 0 Å². The van der Waals surface area contributed by atoms with Crippen molar-refractivity contribution in [1.29, 1.82) is 0 Å². The van der Waals surface area contributed by atoms with Crippen LogP contribution in [0.2, 0.25) is 0 Å². The van der Waals surface area contributed by atoms with Gasteiger partial charge in [-0.1, -0.05) is 120 Å². The molecule has 0 aliphatic rings. The molecule has 1 aromatic heterocycles. The Morgan fingerprint density at radius 3 is 1.88 bits per heavy atom. The molecule has 0 aliphatic carbocycles. The van der Waals surface area contributed by atoms with Crippen LogP contribution in [0.5, 0.6) is 0 Å². The minimum absolute atomic E-state index is 0.0158. The van der Waals surface area contributed by atoms with Crippen molar-refractivity contribution < 1.29 is 35.9 Å². The molecule has 0 amide bonds. The lowest BCUT2D eigenvalue weighted by Crippen LogP contribution is -1.92. The van der Waals surface area contributed by atoms with Gasteiger partial charge in [-0.05, 0) is 152 Å². The Labute approximate surface area is 336 Å². The van der Waals surface area contributed by atoms with Gasteiger partial charge in [0, 0.05) is 16.3 Å². The Morgan fingerprint density at radius 1 is 0.404 bits per heavy atom. The first-order valence-corrected chi connectivity index (χ1v) is 16.4. The highest BCUT2D eigenvalue weighted by atomic mass is 16.3. The molecular weight excluding hydrogens is 629 g/mol. The van der Waals surface area contributed by atoms with E-state index in [0.717, 1.165) is 0 Å². The van der Waals surface area contributed by atoms with Gasteiger partial charge in [0.05, 0.1) is 31.5 Å². The smallest absolute Gasteiger partial charge is 0.138 e. The molecule has 0 bridgehead atoms. The first kappa shape index (κ1) is 15.2. The molecular formula is C51H38O. The van der Waals surface area contributed by atoms with Crippen LogP contribution in [-0.4, -0.2) is 0 Å². The maximum absolute atomic E-state index is 10.0. The van der Waals surface area contributed by atoms with E-state index in [1.807, 2.05) is 0 Å². The van der Waals surface area contributed by atoms with Gasteiger partial charge in [0.25, 0.3) is 0 Å². The molecule has 0 aliphatic heterocycles. The minimum Gasteiger partial charge on any atom is -0.456 e. The van der Waals surface area contributed by atoms with E-state index < -0.39 is 181 Å². The van der Waals surface area contributed by atoms with Crippen molar-refractivity contribution in [3.8, 4) is 33.4 Å². The van der Waals surface area contributed by atoms with Crippen molar-refractivity contribution in [2.45, 2.75) is 34.6 Å². The van der Waals surface area contributed by atoms with Crippen molar-refractivity contribution in [2.75, 3.05) is 0 Å². The molecule has 0 N–H and O–H groups in total. The maximum Gasteiger partial charge on any atom is 0.138 e. The fraction of sp³-hybridized carbons (Fsp3) is 0.0980. The lowest BCUT2D eigenvalue weighted by atomic mass is 9.84. The SMILES string of the molecule is [2H]c1c([2H])c(-c2c([2H])c([2H])c3c([2H])c(C)c([2H])c([2H])c3c2[2H])c([2H])c(-c2c3c([2H])c([2H])c([2H])c([2H])c3c(-c3c([2H])c([2H])c4oc5c(C)c6c(C)c([2H])c([2H])c(C)c6c([2H])c5c4c3[2H])c3c([2H])c([2H])c(C)c([2H])c23)c1[2H]. The van der Waals surface area contributed by atoms with Crippen LogP contribution in [0.4, 0.5) is 0 Å². The number of hydrogen-bond donors (Lipinski definition) is 0. The van der Waals surface area contributed by atoms with Gasteiger partial charge in [0.1, 0.15) is 11.2 Å². The summed E-state index contributed by atoms with van der Waals surface area (Å²) in [6, 6.07) is -15.7. The van der Waals surface area contributed by atoms with E-state index in [2.05, 4.69) is 0 Å². The van der Waals surface area contributed by atoms with Gasteiger partial charge in [0.2, 0.25) is 0 Å². The van der Waals surface area contributed by atoms with Gasteiger partial charge < -0.3 is 4.42 Å². The molecule has 1 heteroatoms. The van der Waals surface area contributed by atoms with Crippen LogP contribution in [0.15, 0.2) is 143 Å². The monoisotopic (exact) mass is 689 g/mol. The Balaban J connectivity index is 1.47. The Bertz CT molecular complexity index is 4360. The lowest BCUT2D eigenvalue weighted by Gasteiger charge is -2.19. The highest BCUT2D eigenvalue weighted by Gasteiger charge is 2.20. The Hall–Kier alpha value is -6.18. The summed E-state index contributed by atoms with van der Waals surface area (Å²) >= 11 is 0. The Morgan fingerprint density at radius 2 is 1.04 bits per heavy atom. The van der Waals surface area contributed by atoms with Crippen LogP contribution in [0.25, 0.3) is 98.4 Å². The summed E-state index contributed by atoms with van der Waals surface area (Å²) in [5, 5.41) is -2.55. The molecule has 52 heavy (non-hydrogen) atoms. The van der Waals surface area contributed by atoms with E-state index in [1.165, 1.54) is 13.8 Å². The van der Waals surface area contributed by atoms with Crippen molar-refractivity contribution in [2.24, 2.45) is 0 Å². The zero-order chi connectivity index (χ0) is 55.3. The largest absolute Gasteiger partial charge is 0.456 e. The molecule has 1 nitrogen and oxygen atoms in total. The molecule has 248 valence electrons. The van der Waals surface area contributed by atoms with Gasteiger partial charge in [-0.3, -0.25) is 0 Å². The molecule has 1 heterocycles. The second kappa shape index (κ2) is 11.4. The summed E-state index contributed by atoms with van der Waals surface area (Å²) in [5.74, 6) is 0. The summed E-state index contributed by atoms with van der Waals surface area (Å²) in [6.45, 7) is 7.49. The molecule has 0 saturated heterocycles. The third-order valence-electron chi connectivity index (χ3n) is 9.36. The standard InChI is InChI=1S/C51H38O/c1-29-13-17-36-25-37(19-18-35(36)23-29)34-9-8-10-38(26-34)50-41-12-7-6-11-40(41)49(42-21-14-30(2)24-45(42)50)39-20-22-47-44(27-39)46-28-43-31(3)15-16-32(4)48(43)33(5)51(46)52-47/h6-28H,1-5H3/i6D,7D,8D,9D,10D,11D,12D,13D,14D,15D,16D,17D,18D,19D,20D,21D,22D,23D,24D,25D,26D,27D,28D. The number of furan rings is 1. The summed E-state index contributed by atoms with van der Waals surface area (Å²) in [7, 11) is 0. The molecule has 10 rings (SSSR count). The van der Waals surface area contributed by atoms with Crippen molar-refractivity contribution in [1.82, 2.24) is 0 Å². The highest BCUT2D eigenvalue weighted by molar-refractivity contribution is 6.23. The summed E-state index contributed by atoms with van der Waals surface area (Å²) in [4.78, 5) is 0. The van der Waals surface area contributed by atoms with Crippen molar-refractivity contribution >= 4 is 65.0 Å². The molecule has 0 saturated carbocycles. The molecule has 0 atom stereocenters. The highest BCUT2D eigenvalue weighted by Crippen LogP contribution is 2.46. The number of rotatable bonds is 3. The van der Waals surface area contributed by atoms with Gasteiger partial charge >= 0.3 is 0 Å². The maximum atomic E-state index is 10.0. The number of aryl methyl sites for hydroxylation is 3. The van der Waals surface area contributed by atoms with Gasteiger partial charge in [0.15, 0.2) is 0 Å². The molecule has 9 aromatic carbocycles. The molecule has 10 aromatic rings. The van der Waals surface area contributed by atoms with Gasteiger partial charge in [-0.15, -0.1) is 0 Å². The van der Waals surface area contributed by atoms with E-state index in [0.29, 0.717) is 16.5 Å². The van der Waals surface area contributed by atoms with E-state index in [1.54, 1.807) is 20.8 Å². The molecule has 0 spiro atoms. The van der Waals surface area contributed by atoms with Crippen LogP contribution in [-0.2, 0) is 0 Å². The van der Waals surface area contributed by atoms with Crippen LogP contribution < -0.4 is 0 Å².